The fourth-order valence-electron chi connectivity index (χ4n) is 4.05. The van der Waals surface area contributed by atoms with Gasteiger partial charge in [0, 0.05) is 31.4 Å². The number of hydrogen-bond acceptors (Lipinski definition) is 5. The number of nitrogens with zero attached hydrogens (tertiary/aromatic N) is 1. The molecule has 0 radical (unpaired) electrons. The van der Waals surface area contributed by atoms with Crippen molar-refractivity contribution in [1.82, 2.24) is 5.32 Å². The van der Waals surface area contributed by atoms with Crippen LogP contribution in [0.1, 0.15) is 28.9 Å². The normalized spacial score (nSPS) is 17.7. The molecule has 30 heavy (non-hydrogen) atoms. The van der Waals surface area contributed by atoms with E-state index in [2.05, 4.69) is 59.6 Å². The van der Waals surface area contributed by atoms with Gasteiger partial charge in [0.15, 0.2) is 0 Å². The molecular formula is C25H28N2O3. The van der Waals surface area contributed by atoms with Gasteiger partial charge in [-0.3, -0.25) is 0 Å². The zero-order chi connectivity index (χ0) is 20.9. The number of nitrogens with one attached hydrogen (secondary N) is 1. The number of carbonyl (C=O) groups excluding carboxylic acids is 1. The van der Waals surface area contributed by atoms with Gasteiger partial charge in [-0.1, -0.05) is 42.5 Å². The van der Waals surface area contributed by atoms with Crippen molar-refractivity contribution in [3.63, 3.8) is 0 Å². The van der Waals surface area contributed by atoms with Crippen LogP contribution >= 0.6 is 0 Å². The molecule has 1 fully saturated rings. The first-order valence-electron chi connectivity index (χ1n) is 10.4. The second-order valence-corrected chi connectivity index (χ2v) is 7.68. The van der Waals surface area contributed by atoms with Crippen LogP contribution in [0.15, 0.2) is 66.7 Å². The largest absolute Gasteiger partial charge is 0.465 e. The zero-order valence-corrected chi connectivity index (χ0v) is 17.5. The first kappa shape index (κ1) is 20.4. The lowest BCUT2D eigenvalue weighted by atomic mass is 9.99. The monoisotopic (exact) mass is 404 g/mol. The van der Waals surface area contributed by atoms with Crippen LogP contribution in [0.3, 0.4) is 0 Å². The van der Waals surface area contributed by atoms with Gasteiger partial charge in [-0.25, -0.2) is 4.79 Å². The third kappa shape index (κ3) is 4.48. The van der Waals surface area contributed by atoms with Gasteiger partial charge in [0.05, 0.1) is 25.4 Å². The number of hydrogen-bond donors (Lipinski definition) is 1. The van der Waals surface area contributed by atoms with Crippen LogP contribution in [-0.4, -0.2) is 45.4 Å². The number of esters is 1. The second kappa shape index (κ2) is 9.28. The summed E-state index contributed by atoms with van der Waals surface area (Å²) in [4.78, 5) is 13.9. The summed E-state index contributed by atoms with van der Waals surface area (Å²) >= 11 is 0. The molecule has 5 nitrogen and oxygen atoms in total. The van der Waals surface area contributed by atoms with Crippen LogP contribution in [0.25, 0.3) is 10.8 Å². The molecule has 5 heteroatoms. The third-order valence-electron chi connectivity index (χ3n) is 5.73. The van der Waals surface area contributed by atoms with Crippen molar-refractivity contribution < 1.29 is 14.3 Å². The van der Waals surface area contributed by atoms with E-state index >= 15 is 0 Å². The number of benzene rings is 3. The molecule has 4 rings (SSSR count). The lowest BCUT2D eigenvalue weighted by molar-refractivity contribution is 0.0394. The topological polar surface area (TPSA) is 50.8 Å². The summed E-state index contributed by atoms with van der Waals surface area (Å²) < 4.78 is 10.8. The fourth-order valence-corrected chi connectivity index (χ4v) is 4.05. The molecule has 0 bridgehead atoms. The molecule has 1 aliphatic rings. The molecule has 0 amide bonds. The summed E-state index contributed by atoms with van der Waals surface area (Å²) in [6, 6.07) is 22.8. The van der Waals surface area contributed by atoms with E-state index in [1.165, 1.54) is 23.4 Å². The van der Waals surface area contributed by atoms with E-state index < -0.39 is 0 Å². The highest BCUT2D eigenvalue weighted by Gasteiger charge is 2.22. The number of rotatable bonds is 6. The van der Waals surface area contributed by atoms with Gasteiger partial charge < -0.3 is 19.7 Å². The summed E-state index contributed by atoms with van der Waals surface area (Å²) in [6.45, 7) is 5.32. The minimum atomic E-state index is -0.312. The lowest BCUT2D eigenvalue weighted by Crippen LogP contribution is -2.47. The molecule has 0 saturated carbocycles. The maximum atomic E-state index is 11.6. The molecular weight excluding hydrogens is 376 g/mol. The number of fused-ring (bicyclic) bond motifs is 1. The van der Waals surface area contributed by atoms with Crippen LogP contribution in [0, 0.1) is 0 Å². The Morgan fingerprint density at radius 3 is 2.70 bits per heavy atom. The van der Waals surface area contributed by atoms with E-state index in [9.17, 15) is 4.79 Å². The Morgan fingerprint density at radius 1 is 1.13 bits per heavy atom. The summed E-state index contributed by atoms with van der Waals surface area (Å²) in [7, 11) is 1.40. The summed E-state index contributed by atoms with van der Waals surface area (Å²) in [5.41, 5.74) is 2.97. The lowest BCUT2D eigenvalue weighted by Gasteiger charge is -2.35. The van der Waals surface area contributed by atoms with Gasteiger partial charge in [0.2, 0.25) is 0 Å². The highest BCUT2D eigenvalue weighted by atomic mass is 16.5. The van der Waals surface area contributed by atoms with Gasteiger partial charge in [0.1, 0.15) is 0 Å². The molecule has 0 aromatic heterocycles. The van der Waals surface area contributed by atoms with E-state index in [0.717, 1.165) is 25.3 Å². The van der Waals surface area contributed by atoms with Gasteiger partial charge in [-0.05, 0) is 47.5 Å². The van der Waals surface area contributed by atoms with Gasteiger partial charge in [0.25, 0.3) is 0 Å². The Balaban J connectivity index is 1.37. The SMILES string of the molecule is COC(=O)c1ccc(N2CCOC(CN[C@H](C)c3cccc4ccccc34)C2)cc1. The third-order valence-corrected chi connectivity index (χ3v) is 5.73. The molecule has 3 aromatic rings. The summed E-state index contributed by atoms with van der Waals surface area (Å²) in [6.07, 6.45) is 0.108. The molecule has 1 aliphatic heterocycles. The average Bonchev–Trinajstić information content (AvgIpc) is 2.82. The maximum absolute atomic E-state index is 11.6. The number of anilines is 1. The average molecular weight is 405 g/mol. The highest BCUT2D eigenvalue weighted by molar-refractivity contribution is 5.89. The molecule has 1 unspecified atom stereocenters. The first-order chi connectivity index (χ1) is 14.7. The number of methoxy groups -OCH3 is 1. The first-order valence-corrected chi connectivity index (χ1v) is 10.4. The number of carbonyl (C=O) groups is 1. The number of morpholine rings is 1. The predicted octanol–water partition coefficient (Wildman–Crippen LogP) is 4.18. The van der Waals surface area contributed by atoms with Crippen LogP contribution in [0.5, 0.6) is 0 Å². The van der Waals surface area contributed by atoms with Gasteiger partial charge in [-0.2, -0.15) is 0 Å². The van der Waals surface area contributed by atoms with Crippen molar-refractivity contribution in [3.8, 4) is 0 Å². The molecule has 156 valence electrons. The quantitative estimate of drug-likeness (QED) is 0.625. The van der Waals surface area contributed by atoms with E-state index in [1.54, 1.807) is 0 Å². The summed E-state index contributed by atoms with van der Waals surface area (Å²) in [5.74, 6) is -0.312. The standard InChI is InChI=1S/C25H28N2O3/c1-18(23-9-5-7-19-6-3-4-8-24(19)23)26-16-22-17-27(14-15-30-22)21-12-10-20(11-13-21)25(28)29-2/h3-13,18,22,26H,14-17H2,1-2H3/t18-,22?/m1/s1. The smallest absolute Gasteiger partial charge is 0.337 e. The molecule has 1 heterocycles. The second-order valence-electron chi connectivity index (χ2n) is 7.68. The molecule has 1 saturated heterocycles. The zero-order valence-electron chi connectivity index (χ0n) is 17.5. The molecule has 0 aliphatic carbocycles. The Labute approximate surface area is 177 Å². The minimum absolute atomic E-state index is 0.108. The van der Waals surface area contributed by atoms with Gasteiger partial charge in [-0.15, -0.1) is 0 Å². The Hall–Kier alpha value is -2.89. The van der Waals surface area contributed by atoms with E-state index in [0.29, 0.717) is 12.2 Å². The Morgan fingerprint density at radius 2 is 1.90 bits per heavy atom. The van der Waals surface area contributed by atoms with Crippen molar-refractivity contribution in [1.29, 1.82) is 0 Å². The Kier molecular flexibility index (Phi) is 6.31. The molecule has 3 aromatic carbocycles. The van der Waals surface area contributed by atoms with Crippen molar-refractivity contribution in [2.45, 2.75) is 19.1 Å². The minimum Gasteiger partial charge on any atom is -0.465 e. The maximum Gasteiger partial charge on any atom is 0.337 e. The number of ether oxygens (including phenoxy) is 2. The highest BCUT2D eigenvalue weighted by Crippen LogP contribution is 2.24. The van der Waals surface area contributed by atoms with Crippen LogP contribution in [-0.2, 0) is 9.47 Å². The molecule has 2 atom stereocenters. The van der Waals surface area contributed by atoms with Crippen molar-refractivity contribution >= 4 is 22.4 Å². The predicted molar refractivity (Wildman–Crippen MR) is 120 cm³/mol. The van der Waals surface area contributed by atoms with E-state index in [4.69, 9.17) is 9.47 Å². The van der Waals surface area contributed by atoms with E-state index in [1.807, 2.05) is 24.3 Å². The summed E-state index contributed by atoms with van der Waals surface area (Å²) in [5, 5.41) is 6.20. The van der Waals surface area contributed by atoms with Crippen LogP contribution < -0.4 is 10.2 Å². The van der Waals surface area contributed by atoms with Crippen molar-refractivity contribution in [2.24, 2.45) is 0 Å². The Bertz CT molecular complexity index is 997. The van der Waals surface area contributed by atoms with E-state index in [-0.39, 0.29) is 18.1 Å². The van der Waals surface area contributed by atoms with Gasteiger partial charge >= 0.3 is 5.97 Å². The van der Waals surface area contributed by atoms with Crippen molar-refractivity contribution in [2.75, 3.05) is 38.3 Å². The van der Waals surface area contributed by atoms with Crippen LogP contribution in [0.4, 0.5) is 5.69 Å². The molecule has 0 spiro atoms. The van der Waals surface area contributed by atoms with Crippen molar-refractivity contribution in [3.05, 3.63) is 77.9 Å². The fraction of sp³-hybridized carbons (Fsp3) is 0.320. The molecule has 1 N–H and O–H groups in total. The van der Waals surface area contributed by atoms with Crippen LogP contribution in [0.2, 0.25) is 0 Å².